The highest BCUT2D eigenvalue weighted by molar-refractivity contribution is 5.76. The average molecular weight is 704 g/mol. The van der Waals surface area contributed by atoms with E-state index < -0.39 is 0 Å². The molecule has 0 heterocycles. The highest BCUT2D eigenvalue weighted by Gasteiger charge is 2.12. The van der Waals surface area contributed by atoms with Crippen molar-refractivity contribution >= 4 is 5.91 Å². The van der Waals surface area contributed by atoms with E-state index in [9.17, 15) is 4.79 Å². The molecule has 0 saturated heterocycles. The lowest BCUT2D eigenvalue weighted by atomic mass is 10.0. The second-order valence-corrected chi connectivity index (χ2v) is 16.6. The minimum atomic E-state index is 0.456. The van der Waals surface area contributed by atoms with Crippen molar-refractivity contribution in [3.8, 4) is 0 Å². The summed E-state index contributed by atoms with van der Waals surface area (Å²) in [7, 11) is 0. The summed E-state index contributed by atoms with van der Waals surface area (Å²) in [6.45, 7) is 8.92. The second kappa shape index (κ2) is 44.6. The standard InChI is InChI=1S/C48H97NO/c1-4-7-10-13-16-19-22-25-28-31-34-37-40-43-46-49(47-44-41-38-35-32-29-26-23-20-17-14-11-8-5-2)48(50)45-42-39-36-33-30-27-24-21-18-15-12-9-6-3/h4-47H2,1-3H3. The zero-order chi connectivity index (χ0) is 36.3. The van der Waals surface area contributed by atoms with Crippen molar-refractivity contribution in [2.75, 3.05) is 13.1 Å². The molecule has 0 rings (SSSR count). The molecule has 0 aliphatic heterocycles. The summed E-state index contributed by atoms with van der Waals surface area (Å²) in [5, 5.41) is 0. The lowest BCUT2D eigenvalue weighted by Gasteiger charge is -2.23. The van der Waals surface area contributed by atoms with E-state index in [2.05, 4.69) is 25.7 Å². The van der Waals surface area contributed by atoms with Crippen LogP contribution in [0.5, 0.6) is 0 Å². The summed E-state index contributed by atoms with van der Waals surface area (Å²) >= 11 is 0. The van der Waals surface area contributed by atoms with Crippen molar-refractivity contribution in [3.63, 3.8) is 0 Å². The van der Waals surface area contributed by atoms with Crippen LogP contribution >= 0.6 is 0 Å². The van der Waals surface area contributed by atoms with Gasteiger partial charge in [-0.1, -0.05) is 265 Å². The number of unbranched alkanes of at least 4 members (excludes halogenated alkanes) is 38. The SMILES string of the molecule is CCCCCCCCCCCCCCCCN(CCCCCCCCCCCCCCCC)C(=O)CCCCCCCCCCCCCCC. The van der Waals surface area contributed by atoms with Crippen molar-refractivity contribution in [1.29, 1.82) is 0 Å². The molecule has 1 amide bonds. The summed E-state index contributed by atoms with van der Waals surface area (Å²) in [6, 6.07) is 0. The van der Waals surface area contributed by atoms with Gasteiger partial charge in [-0.15, -0.1) is 0 Å². The first-order chi connectivity index (χ1) is 24.8. The van der Waals surface area contributed by atoms with E-state index in [0.717, 1.165) is 25.9 Å². The van der Waals surface area contributed by atoms with Gasteiger partial charge >= 0.3 is 0 Å². The van der Waals surface area contributed by atoms with Crippen LogP contribution in [-0.2, 0) is 4.79 Å². The molecule has 0 aliphatic rings. The number of rotatable bonds is 44. The Labute approximate surface area is 318 Å². The Hall–Kier alpha value is -0.530. The predicted molar refractivity (Wildman–Crippen MR) is 228 cm³/mol. The molecule has 0 aromatic rings. The third-order valence-corrected chi connectivity index (χ3v) is 11.4. The fourth-order valence-corrected chi connectivity index (χ4v) is 7.81. The Bertz CT molecular complexity index is 585. The van der Waals surface area contributed by atoms with Crippen LogP contribution in [0.1, 0.15) is 290 Å². The quantitative estimate of drug-likeness (QED) is 0.0579. The zero-order valence-corrected chi connectivity index (χ0v) is 35.5. The van der Waals surface area contributed by atoms with Crippen LogP contribution < -0.4 is 0 Å². The van der Waals surface area contributed by atoms with Gasteiger partial charge in [0.1, 0.15) is 0 Å². The number of carbonyl (C=O) groups is 1. The van der Waals surface area contributed by atoms with E-state index in [0.29, 0.717) is 5.91 Å². The lowest BCUT2D eigenvalue weighted by Crippen LogP contribution is -2.32. The molecule has 0 spiro atoms. The third kappa shape index (κ3) is 40.2. The maximum Gasteiger partial charge on any atom is 0.222 e. The van der Waals surface area contributed by atoms with Crippen LogP contribution in [0.3, 0.4) is 0 Å². The number of amides is 1. The Kier molecular flexibility index (Phi) is 44.2. The van der Waals surface area contributed by atoms with Crippen LogP contribution in [0.25, 0.3) is 0 Å². The van der Waals surface area contributed by atoms with Crippen LogP contribution in [0.15, 0.2) is 0 Å². The summed E-state index contributed by atoms with van der Waals surface area (Å²) in [6.07, 6.45) is 57.7. The maximum atomic E-state index is 13.3. The predicted octanol–water partition coefficient (Wildman–Crippen LogP) is 17.3. The van der Waals surface area contributed by atoms with E-state index in [4.69, 9.17) is 0 Å². The van der Waals surface area contributed by atoms with Crippen LogP contribution in [0.4, 0.5) is 0 Å². The minimum absolute atomic E-state index is 0.456. The maximum absolute atomic E-state index is 13.3. The molecule has 0 unspecified atom stereocenters. The van der Waals surface area contributed by atoms with Gasteiger partial charge in [-0.2, -0.15) is 0 Å². The van der Waals surface area contributed by atoms with Gasteiger partial charge in [0.05, 0.1) is 0 Å². The highest BCUT2D eigenvalue weighted by atomic mass is 16.2. The zero-order valence-electron chi connectivity index (χ0n) is 35.5. The van der Waals surface area contributed by atoms with E-state index in [1.165, 1.54) is 257 Å². The van der Waals surface area contributed by atoms with Crippen molar-refractivity contribution in [3.05, 3.63) is 0 Å². The van der Waals surface area contributed by atoms with E-state index >= 15 is 0 Å². The summed E-state index contributed by atoms with van der Waals surface area (Å²) in [5.74, 6) is 0.456. The van der Waals surface area contributed by atoms with Gasteiger partial charge in [0, 0.05) is 19.5 Å². The minimum Gasteiger partial charge on any atom is -0.343 e. The largest absolute Gasteiger partial charge is 0.343 e. The molecule has 0 aliphatic carbocycles. The summed E-state index contributed by atoms with van der Waals surface area (Å²) in [4.78, 5) is 15.6. The Morgan fingerprint density at radius 1 is 0.260 bits per heavy atom. The Morgan fingerprint density at radius 3 is 0.660 bits per heavy atom. The van der Waals surface area contributed by atoms with Gasteiger partial charge in [0.25, 0.3) is 0 Å². The Morgan fingerprint density at radius 2 is 0.440 bits per heavy atom. The average Bonchev–Trinajstić information content (AvgIpc) is 3.12. The molecule has 0 bridgehead atoms. The number of nitrogens with zero attached hydrogens (tertiary/aromatic N) is 1. The van der Waals surface area contributed by atoms with Gasteiger partial charge in [-0.25, -0.2) is 0 Å². The molecule has 0 atom stereocenters. The first-order valence-electron chi connectivity index (χ1n) is 24.0. The van der Waals surface area contributed by atoms with Crippen molar-refractivity contribution in [2.45, 2.75) is 290 Å². The first-order valence-corrected chi connectivity index (χ1v) is 24.0. The molecule has 300 valence electrons. The van der Waals surface area contributed by atoms with E-state index in [1.54, 1.807) is 0 Å². The molecule has 2 heteroatoms. The molecular weight excluding hydrogens is 607 g/mol. The highest BCUT2D eigenvalue weighted by Crippen LogP contribution is 2.17. The molecule has 0 radical (unpaired) electrons. The fourth-order valence-electron chi connectivity index (χ4n) is 7.81. The number of hydrogen-bond donors (Lipinski definition) is 0. The molecule has 50 heavy (non-hydrogen) atoms. The van der Waals surface area contributed by atoms with E-state index in [-0.39, 0.29) is 0 Å². The topological polar surface area (TPSA) is 20.3 Å². The van der Waals surface area contributed by atoms with Crippen LogP contribution in [0.2, 0.25) is 0 Å². The first kappa shape index (κ1) is 49.5. The van der Waals surface area contributed by atoms with Crippen LogP contribution in [-0.4, -0.2) is 23.9 Å². The molecule has 0 N–H and O–H groups in total. The third-order valence-electron chi connectivity index (χ3n) is 11.4. The molecular formula is C48H97NO. The van der Waals surface area contributed by atoms with E-state index in [1.807, 2.05) is 0 Å². The number of hydrogen-bond acceptors (Lipinski definition) is 1. The monoisotopic (exact) mass is 704 g/mol. The molecule has 0 aromatic heterocycles. The lowest BCUT2D eigenvalue weighted by molar-refractivity contribution is -0.131. The van der Waals surface area contributed by atoms with Gasteiger partial charge in [-0.05, 0) is 19.3 Å². The van der Waals surface area contributed by atoms with Gasteiger partial charge in [0.15, 0.2) is 0 Å². The van der Waals surface area contributed by atoms with Gasteiger partial charge in [0.2, 0.25) is 5.91 Å². The summed E-state index contributed by atoms with van der Waals surface area (Å²) in [5.41, 5.74) is 0. The number of carbonyl (C=O) groups excluding carboxylic acids is 1. The molecule has 0 aromatic carbocycles. The van der Waals surface area contributed by atoms with Crippen molar-refractivity contribution in [1.82, 2.24) is 4.90 Å². The van der Waals surface area contributed by atoms with Gasteiger partial charge < -0.3 is 4.90 Å². The summed E-state index contributed by atoms with van der Waals surface area (Å²) < 4.78 is 0. The van der Waals surface area contributed by atoms with Crippen LogP contribution in [0, 0.1) is 0 Å². The molecule has 2 nitrogen and oxygen atoms in total. The normalized spacial score (nSPS) is 11.5. The Balaban J connectivity index is 4.07. The second-order valence-electron chi connectivity index (χ2n) is 16.6. The van der Waals surface area contributed by atoms with Gasteiger partial charge in [-0.3, -0.25) is 4.79 Å². The van der Waals surface area contributed by atoms with Crippen molar-refractivity contribution < 1.29 is 4.79 Å². The molecule has 0 fully saturated rings. The molecule has 0 saturated carbocycles. The fraction of sp³-hybridized carbons (Fsp3) is 0.979. The smallest absolute Gasteiger partial charge is 0.222 e. The van der Waals surface area contributed by atoms with Crippen molar-refractivity contribution in [2.24, 2.45) is 0 Å².